The van der Waals surface area contributed by atoms with E-state index in [0.717, 1.165) is 33.2 Å². The summed E-state index contributed by atoms with van der Waals surface area (Å²) in [6, 6.07) is 8.96. The molecular formula is C24H27NO4. The van der Waals surface area contributed by atoms with Crippen molar-refractivity contribution in [3.05, 3.63) is 47.0 Å². The molecule has 2 unspecified atom stereocenters. The molecule has 2 atom stereocenters. The molecule has 0 saturated carbocycles. The van der Waals surface area contributed by atoms with E-state index in [1.165, 1.54) is 6.07 Å². The summed E-state index contributed by atoms with van der Waals surface area (Å²) in [5, 5.41) is 33.5. The predicted octanol–water partition coefficient (Wildman–Crippen LogP) is 4.88. The summed E-state index contributed by atoms with van der Waals surface area (Å²) in [5.74, 6) is 0.885. The number of phenols is 3. The van der Waals surface area contributed by atoms with Gasteiger partial charge in [0.1, 0.15) is 23.0 Å². The topological polar surface area (TPSA) is 73.2 Å². The molecule has 0 fully saturated rings. The average molecular weight is 393 g/mol. The summed E-state index contributed by atoms with van der Waals surface area (Å²) in [4.78, 5) is 2.23. The van der Waals surface area contributed by atoms with Crippen LogP contribution in [0.15, 0.2) is 30.3 Å². The quantitative estimate of drug-likeness (QED) is 0.579. The molecule has 4 rings (SSSR count). The van der Waals surface area contributed by atoms with Crippen molar-refractivity contribution in [2.75, 3.05) is 14.2 Å². The van der Waals surface area contributed by atoms with Crippen molar-refractivity contribution in [3.8, 4) is 34.1 Å². The van der Waals surface area contributed by atoms with E-state index >= 15 is 0 Å². The van der Waals surface area contributed by atoms with Crippen LogP contribution < -0.4 is 4.74 Å². The van der Waals surface area contributed by atoms with Crippen LogP contribution in [0.5, 0.6) is 23.0 Å². The molecule has 3 N–H and O–H groups in total. The molecule has 0 saturated heterocycles. The van der Waals surface area contributed by atoms with Crippen molar-refractivity contribution in [2.45, 2.75) is 39.3 Å². The molecule has 5 nitrogen and oxygen atoms in total. The van der Waals surface area contributed by atoms with Gasteiger partial charge in [-0.05, 0) is 68.4 Å². The van der Waals surface area contributed by atoms with Gasteiger partial charge in [0.05, 0.1) is 12.5 Å². The monoisotopic (exact) mass is 393 g/mol. The maximum Gasteiger partial charge on any atom is 0.130 e. The Kier molecular flexibility index (Phi) is 4.58. The highest BCUT2D eigenvalue weighted by atomic mass is 16.5. The van der Waals surface area contributed by atoms with Gasteiger partial charge in [-0.1, -0.05) is 12.1 Å². The molecule has 0 bridgehead atoms. The normalized spacial score (nSPS) is 19.3. The molecule has 1 aliphatic heterocycles. The lowest BCUT2D eigenvalue weighted by Gasteiger charge is -2.39. The van der Waals surface area contributed by atoms with E-state index in [1.54, 1.807) is 19.2 Å². The Hall–Kier alpha value is -2.92. The van der Waals surface area contributed by atoms with Crippen molar-refractivity contribution in [1.82, 2.24) is 4.90 Å². The number of methoxy groups -OCH3 is 1. The number of hydrogen-bond acceptors (Lipinski definition) is 5. The Balaban J connectivity index is 2.14. The third-order valence-electron chi connectivity index (χ3n) is 6.43. The van der Waals surface area contributed by atoms with Crippen LogP contribution in [0, 0.1) is 6.92 Å². The van der Waals surface area contributed by atoms with Crippen LogP contribution >= 0.6 is 0 Å². The lowest BCUT2D eigenvalue weighted by Crippen LogP contribution is -2.38. The molecule has 0 spiro atoms. The van der Waals surface area contributed by atoms with Crippen LogP contribution in [0.2, 0.25) is 0 Å². The van der Waals surface area contributed by atoms with Crippen LogP contribution in [0.4, 0.5) is 0 Å². The Bertz CT molecular complexity index is 1120. The van der Waals surface area contributed by atoms with Gasteiger partial charge in [-0.15, -0.1) is 0 Å². The molecule has 29 heavy (non-hydrogen) atoms. The van der Waals surface area contributed by atoms with Crippen molar-refractivity contribution >= 4 is 10.8 Å². The first-order chi connectivity index (χ1) is 13.8. The number of benzene rings is 3. The number of rotatable bonds is 2. The maximum atomic E-state index is 11.0. The molecule has 152 valence electrons. The Morgan fingerprint density at radius 1 is 1.00 bits per heavy atom. The zero-order valence-corrected chi connectivity index (χ0v) is 17.4. The summed E-state index contributed by atoms with van der Waals surface area (Å²) in [7, 11) is 3.63. The number of likely N-dealkylation sites (N-methyl/N-ethyl adjacent to an activating group) is 1. The van der Waals surface area contributed by atoms with Gasteiger partial charge in [0, 0.05) is 29.3 Å². The van der Waals surface area contributed by atoms with Gasteiger partial charge in [-0.25, -0.2) is 0 Å². The van der Waals surface area contributed by atoms with Crippen LogP contribution in [-0.2, 0) is 6.42 Å². The summed E-state index contributed by atoms with van der Waals surface area (Å²) in [5.41, 5.74) is 4.32. The van der Waals surface area contributed by atoms with E-state index in [4.69, 9.17) is 4.74 Å². The molecule has 3 aromatic carbocycles. The van der Waals surface area contributed by atoms with Crippen molar-refractivity contribution in [3.63, 3.8) is 0 Å². The number of aryl methyl sites for hydroxylation is 1. The lowest BCUT2D eigenvalue weighted by molar-refractivity contribution is 0.176. The SMILES string of the molecule is COc1cc(C)c(-c2c(O)cc(O)c3c2CC(C)N(C)C3C)c2cccc(O)c12. The zero-order chi connectivity index (χ0) is 21.0. The summed E-state index contributed by atoms with van der Waals surface area (Å²) >= 11 is 0. The van der Waals surface area contributed by atoms with E-state index in [-0.39, 0.29) is 29.3 Å². The second kappa shape index (κ2) is 6.85. The highest BCUT2D eigenvalue weighted by molar-refractivity contribution is 6.06. The van der Waals surface area contributed by atoms with Crippen molar-refractivity contribution in [1.29, 1.82) is 0 Å². The molecule has 5 heteroatoms. The van der Waals surface area contributed by atoms with Gasteiger partial charge in [-0.3, -0.25) is 4.90 Å². The first-order valence-corrected chi connectivity index (χ1v) is 9.85. The largest absolute Gasteiger partial charge is 0.507 e. The van der Waals surface area contributed by atoms with Gasteiger partial charge < -0.3 is 20.1 Å². The first kappa shape index (κ1) is 19.4. The fraction of sp³-hybridized carbons (Fsp3) is 0.333. The Morgan fingerprint density at radius 2 is 1.72 bits per heavy atom. The van der Waals surface area contributed by atoms with Crippen LogP contribution in [-0.4, -0.2) is 40.4 Å². The third kappa shape index (κ3) is 2.80. The van der Waals surface area contributed by atoms with Crippen molar-refractivity contribution in [2.24, 2.45) is 0 Å². The van der Waals surface area contributed by atoms with Gasteiger partial charge in [0.15, 0.2) is 0 Å². The van der Waals surface area contributed by atoms with Gasteiger partial charge >= 0.3 is 0 Å². The molecule has 1 heterocycles. The Morgan fingerprint density at radius 3 is 2.41 bits per heavy atom. The molecule has 1 aliphatic rings. The van der Waals surface area contributed by atoms with Gasteiger partial charge in [0.2, 0.25) is 0 Å². The van der Waals surface area contributed by atoms with Gasteiger partial charge in [0.25, 0.3) is 0 Å². The summed E-state index contributed by atoms with van der Waals surface area (Å²) in [6.07, 6.45) is 0.708. The molecule has 0 radical (unpaired) electrons. The van der Waals surface area contributed by atoms with Crippen LogP contribution in [0.25, 0.3) is 21.9 Å². The van der Waals surface area contributed by atoms with E-state index in [9.17, 15) is 15.3 Å². The first-order valence-electron chi connectivity index (χ1n) is 9.85. The van der Waals surface area contributed by atoms with E-state index < -0.39 is 0 Å². The number of ether oxygens (including phenoxy) is 1. The molecule has 0 aliphatic carbocycles. The standard InChI is InChI=1S/C24H27NO4/c1-12-9-20(29-5)23-15(7-6-8-17(23)26)21(12)24-16-10-13(2)25(4)14(3)22(16)18(27)11-19(24)28/h6-9,11,13-14,26-28H,10H2,1-5H3. The number of nitrogens with zero attached hydrogens (tertiary/aromatic N) is 1. The fourth-order valence-electron chi connectivity index (χ4n) is 4.76. The summed E-state index contributed by atoms with van der Waals surface area (Å²) in [6.45, 7) is 6.19. The second-order valence-electron chi connectivity index (χ2n) is 8.05. The molecule has 0 aromatic heterocycles. The van der Waals surface area contributed by atoms with Crippen LogP contribution in [0.1, 0.15) is 36.6 Å². The number of fused-ring (bicyclic) bond motifs is 2. The molecule has 3 aromatic rings. The second-order valence-corrected chi connectivity index (χ2v) is 8.05. The minimum Gasteiger partial charge on any atom is -0.507 e. The lowest BCUT2D eigenvalue weighted by atomic mass is 9.81. The summed E-state index contributed by atoms with van der Waals surface area (Å²) < 4.78 is 5.52. The Labute approximate surface area is 170 Å². The van der Waals surface area contributed by atoms with Crippen molar-refractivity contribution < 1.29 is 20.1 Å². The average Bonchev–Trinajstić information content (AvgIpc) is 2.67. The maximum absolute atomic E-state index is 11.0. The highest BCUT2D eigenvalue weighted by Gasteiger charge is 2.33. The fourth-order valence-corrected chi connectivity index (χ4v) is 4.76. The van der Waals surface area contributed by atoms with E-state index in [2.05, 4.69) is 25.8 Å². The minimum absolute atomic E-state index is 0.0197. The number of phenolic OH excluding ortho intramolecular Hbond substituents is 3. The number of hydrogen-bond donors (Lipinski definition) is 3. The van der Waals surface area contributed by atoms with Crippen LogP contribution in [0.3, 0.4) is 0 Å². The van der Waals surface area contributed by atoms with Gasteiger partial charge in [-0.2, -0.15) is 0 Å². The smallest absolute Gasteiger partial charge is 0.130 e. The molecule has 0 amide bonds. The minimum atomic E-state index is 0.0197. The molecular weight excluding hydrogens is 366 g/mol. The highest BCUT2D eigenvalue weighted by Crippen LogP contribution is 2.50. The predicted molar refractivity (Wildman–Crippen MR) is 115 cm³/mol. The number of aromatic hydroxyl groups is 3. The van der Waals surface area contributed by atoms with E-state index in [1.807, 2.05) is 19.1 Å². The third-order valence-corrected chi connectivity index (χ3v) is 6.43. The van der Waals surface area contributed by atoms with E-state index in [0.29, 0.717) is 17.6 Å². The zero-order valence-electron chi connectivity index (χ0n) is 17.4.